The first-order chi connectivity index (χ1) is 13.4. The van der Waals surface area contributed by atoms with Crippen LogP contribution >= 0.6 is 12.4 Å². The van der Waals surface area contributed by atoms with Gasteiger partial charge in [0.05, 0.1) is 5.69 Å². The summed E-state index contributed by atoms with van der Waals surface area (Å²) >= 11 is 0. The number of halogens is 1. The van der Waals surface area contributed by atoms with E-state index in [0.29, 0.717) is 17.7 Å². The number of benzene rings is 1. The highest BCUT2D eigenvalue weighted by Crippen LogP contribution is 2.32. The van der Waals surface area contributed by atoms with Crippen molar-refractivity contribution in [3.8, 4) is 17.0 Å². The molecule has 0 bridgehead atoms. The number of carboxylic acid groups (broad SMARTS) is 1. The quantitative estimate of drug-likeness (QED) is 0.440. The third-order valence-corrected chi connectivity index (χ3v) is 5.10. The molecule has 0 spiro atoms. The van der Waals surface area contributed by atoms with E-state index in [4.69, 9.17) is 0 Å². The van der Waals surface area contributed by atoms with Gasteiger partial charge in [-0.25, -0.2) is 4.79 Å². The largest absolute Gasteiger partial charge is 0.506 e. The lowest BCUT2D eigenvalue weighted by atomic mass is 9.99. The Bertz CT molecular complexity index is 1100. The van der Waals surface area contributed by atoms with Crippen molar-refractivity contribution in [1.29, 1.82) is 0 Å². The summed E-state index contributed by atoms with van der Waals surface area (Å²) in [5.74, 6) is -1.91. The van der Waals surface area contributed by atoms with Crippen molar-refractivity contribution in [2.45, 2.75) is 26.7 Å². The number of fused-ring (bicyclic) bond motifs is 1. The van der Waals surface area contributed by atoms with Gasteiger partial charge in [0, 0.05) is 42.2 Å². The molecular formula is C21H26ClN3O4. The Labute approximate surface area is 174 Å². The third-order valence-electron chi connectivity index (χ3n) is 5.10. The highest BCUT2D eigenvalue weighted by molar-refractivity contribution is 5.92. The molecule has 4 N–H and O–H groups in total. The Morgan fingerprint density at radius 1 is 1.24 bits per heavy atom. The van der Waals surface area contributed by atoms with Crippen LogP contribution in [0.4, 0.5) is 0 Å². The Balaban J connectivity index is 0.00000300. The van der Waals surface area contributed by atoms with E-state index in [2.05, 4.69) is 27.9 Å². The van der Waals surface area contributed by atoms with Crippen LogP contribution in [0.3, 0.4) is 0 Å². The topological polar surface area (TPSA) is 107 Å². The molecule has 3 aromatic rings. The van der Waals surface area contributed by atoms with E-state index in [-0.39, 0.29) is 12.4 Å². The molecule has 0 saturated carbocycles. The van der Waals surface area contributed by atoms with Gasteiger partial charge in [-0.1, -0.05) is 19.9 Å². The average molecular weight is 420 g/mol. The number of carbonyl (C=O) groups is 1. The summed E-state index contributed by atoms with van der Waals surface area (Å²) in [5.41, 5.74) is 2.44. The first-order valence-corrected chi connectivity index (χ1v) is 9.39. The number of aryl methyl sites for hydroxylation is 1. The number of aromatic amines is 1. The number of likely N-dealkylation sites (N-methyl/N-ethyl adjacent to an activating group) is 1. The fraction of sp³-hybridized carbons (Fsp3) is 0.333. The number of nitrogens with zero attached hydrogens (tertiary/aromatic N) is 1. The molecule has 0 radical (unpaired) electrons. The van der Waals surface area contributed by atoms with Gasteiger partial charge in [0.25, 0.3) is 5.56 Å². The Hall–Kier alpha value is -2.77. The number of carboxylic acids is 1. The van der Waals surface area contributed by atoms with Gasteiger partial charge in [0.15, 0.2) is 5.56 Å². The summed E-state index contributed by atoms with van der Waals surface area (Å²) in [6.45, 7) is 5.70. The standard InChI is InChI=1S/C21H25N3O4.ClH/c1-4-15-18(23-20(26)17(19(15)25)21(27)28)12-6-7-16-13(10-12)11-14(24(16)3)8-9-22-5-2;/h6-7,10-11,22H,4-5,8-9H2,1-3H3,(H,27,28)(H2,23,25,26);1H. The maximum absolute atomic E-state index is 12.2. The average Bonchev–Trinajstić information content (AvgIpc) is 2.96. The van der Waals surface area contributed by atoms with Gasteiger partial charge in [0.2, 0.25) is 0 Å². The van der Waals surface area contributed by atoms with Crippen LogP contribution in [-0.2, 0) is 19.9 Å². The summed E-state index contributed by atoms with van der Waals surface area (Å²) < 4.78 is 2.14. The van der Waals surface area contributed by atoms with Gasteiger partial charge in [-0.2, -0.15) is 0 Å². The summed E-state index contributed by atoms with van der Waals surface area (Å²) in [6.07, 6.45) is 1.29. The summed E-state index contributed by atoms with van der Waals surface area (Å²) in [6, 6.07) is 7.92. The molecule has 0 fully saturated rings. The first-order valence-electron chi connectivity index (χ1n) is 9.39. The van der Waals surface area contributed by atoms with E-state index in [9.17, 15) is 19.8 Å². The van der Waals surface area contributed by atoms with Crippen molar-refractivity contribution in [3.05, 3.63) is 51.4 Å². The van der Waals surface area contributed by atoms with E-state index >= 15 is 0 Å². The van der Waals surface area contributed by atoms with Crippen LogP contribution in [0.1, 0.15) is 35.5 Å². The number of aromatic nitrogens is 2. The zero-order chi connectivity index (χ0) is 20.4. The van der Waals surface area contributed by atoms with Gasteiger partial charge in [0.1, 0.15) is 5.75 Å². The Morgan fingerprint density at radius 2 is 1.97 bits per heavy atom. The number of nitrogens with one attached hydrogen (secondary N) is 2. The van der Waals surface area contributed by atoms with Crippen LogP contribution in [0.25, 0.3) is 22.2 Å². The van der Waals surface area contributed by atoms with Gasteiger partial charge < -0.3 is 25.1 Å². The molecule has 156 valence electrons. The molecule has 0 aliphatic heterocycles. The zero-order valence-corrected chi connectivity index (χ0v) is 17.5. The number of hydrogen-bond acceptors (Lipinski definition) is 4. The SMILES string of the molecule is CCNCCc1cc2cc(-c3[nH]c(=O)c(C(=O)O)c(O)c3CC)ccc2n1C.Cl. The zero-order valence-electron chi connectivity index (χ0n) is 16.7. The fourth-order valence-corrected chi connectivity index (χ4v) is 3.61. The molecular weight excluding hydrogens is 394 g/mol. The minimum atomic E-state index is -1.44. The van der Waals surface area contributed by atoms with Crippen LogP contribution in [-0.4, -0.2) is 38.8 Å². The third kappa shape index (κ3) is 4.16. The van der Waals surface area contributed by atoms with Crippen molar-refractivity contribution < 1.29 is 15.0 Å². The lowest BCUT2D eigenvalue weighted by Crippen LogP contribution is -2.20. The van der Waals surface area contributed by atoms with Crippen molar-refractivity contribution in [1.82, 2.24) is 14.9 Å². The number of aromatic carboxylic acids is 1. The van der Waals surface area contributed by atoms with Gasteiger partial charge in [-0.05, 0) is 36.7 Å². The second-order valence-electron chi connectivity index (χ2n) is 6.76. The number of aromatic hydroxyl groups is 1. The van der Waals surface area contributed by atoms with Crippen LogP contribution in [0, 0.1) is 0 Å². The minimum absolute atomic E-state index is 0. The van der Waals surface area contributed by atoms with Crippen LogP contribution in [0.5, 0.6) is 5.75 Å². The van der Waals surface area contributed by atoms with Crippen LogP contribution in [0.15, 0.2) is 29.1 Å². The molecule has 2 aromatic heterocycles. The van der Waals surface area contributed by atoms with Crippen molar-refractivity contribution in [2.75, 3.05) is 13.1 Å². The predicted octanol–water partition coefficient (Wildman–Crippen LogP) is 3.07. The van der Waals surface area contributed by atoms with E-state index in [0.717, 1.165) is 36.0 Å². The van der Waals surface area contributed by atoms with Gasteiger partial charge in [-0.3, -0.25) is 4.79 Å². The predicted molar refractivity (Wildman–Crippen MR) is 116 cm³/mol. The lowest BCUT2D eigenvalue weighted by Gasteiger charge is -2.12. The molecule has 0 atom stereocenters. The monoisotopic (exact) mass is 419 g/mol. The van der Waals surface area contributed by atoms with E-state index in [1.165, 1.54) is 5.69 Å². The second-order valence-corrected chi connectivity index (χ2v) is 6.76. The molecule has 0 saturated heterocycles. The van der Waals surface area contributed by atoms with E-state index in [1.807, 2.05) is 32.2 Å². The van der Waals surface area contributed by atoms with E-state index < -0.39 is 22.8 Å². The normalized spacial score (nSPS) is 10.9. The van der Waals surface area contributed by atoms with Crippen molar-refractivity contribution in [3.63, 3.8) is 0 Å². The van der Waals surface area contributed by atoms with Crippen molar-refractivity contribution >= 4 is 29.3 Å². The molecule has 1 aromatic carbocycles. The molecule has 0 unspecified atom stereocenters. The molecule has 7 nitrogen and oxygen atoms in total. The maximum atomic E-state index is 12.2. The van der Waals surface area contributed by atoms with Crippen LogP contribution in [0.2, 0.25) is 0 Å². The summed E-state index contributed by atoms with van der Waals surface area (Å²) in [5, 5.41) is 23.9. The summed E-state index contributed by atoms with van der Waals surface area (Å²) in [7, 11) is 2.02. The highest BCUT2D eigenvalue weighted by atomic mass is 35.5. The number of rotatable bonds is 7. The van der Waals surface area contributed by atoms with E-state index in [1.54, 1.807) is 0 Å². The van der Waals surface area contributed by atoms with Gasteiger partial charge in [-0.15, -0.1) is 12.4 Å². The van der Waals surface area contributed by atoms with Crippen LogP contribution < -0.4 is 10.9 Å². The second kappa shape index (κ2) is 9.15. The first kappa shape index (κ1) is 22.5. The number of H-pyrrole nitrogens is 1. The number of pyridine rings is 1. The number of hydrogen-bond donors (Lipinski definition) is 4. The molecule has 0 aliphatic carbocycles. The molecule has 0 aliphatic rings. The fourth-order valence-electron chi connectivity index (χ4n) is 3.61. The molecule has 29 heavy (non-hydrogen) atoms. The minimum Gasteiger partial charge on any atom is -0.506 e. The summed E-state index contributed by atoms with van der Waals surface area (Å²) in [4.78, 5) is 26.1. The molecule has 3 rings (SSSR count). The Morgan fingerprint density at radius 3 is 2.59 bits per heavy atom. The maximum Gasteiger partial charge on any atom is 0.345 e. The Kier molecular flexibility index (Phi) is 7.11. The molecule has 2 heterocycles. The van der Waals surface area contributed by atoms with Crippen molar-refractivity contribution in [2.24, 2.45) is 7.05 Å². The smallest absolute Gasteiger partial charge is 0.345 e. The highest BCUT2D eigenvalue weighted by Gasteiger charge is 2.22. The molecule has 0 amide bonds. The molecule has 8 heteroatoms. The lowest BCUT2D eigenvalue weighted by molar-refractivity contribution is 0.0691. The van der Waals surface area contributed by atoms with Gasteiger partial charge >= 0.3 is 5.97 Å².